The molecule has 10 nitrogen and oxygen atoms in total. The fraction of sp³-hybridized carbons (Fsp3) is 0.500. The number of nitrogens with one attached hydrogen (secondary N) is 2. The van der Waals surface area contributed by atoms with Crippen molar-refractivity contribution in [3.8, 4) is 0 Å². The van der Waals surface area contributed by atoms with Gasteiger partial charge in [0.25, 0.3) is 5.91 Å². The van der Waals surface area contributed by atoms with Gasteiger partial charge in [-0.3, -0.25) is 9.69 Å². The van der Waals surface area contributed by atoms with E-state index in [9.17, 15) is 9.18 Å². The number of nitrogens with two attached hydrogens (primary N) is 2. The van der Waals surface area contributed by atoms with Gasteiger partial charge >= 0.3 is 0 Å². The second kappa shape index (κ2) is 11.4. The molecule has 1 saturated heterocycles. The van der Waals surface area contributed by atoms with Crippen LogP contribution in [0.25, 0.3) is 11.0 Å². The van der Waals surface area contributed by atoms with Crippen molar-refractivity contribution in [3.63, 3.8) is 0 Å². The fourth-order valence-electron chi connectivity index (χ4n) is 5.19. The van der Waals surface area contributed by atoms with E-state index in [-0.39, 0.29) is 29.2 Å². The summed E-state index contributed by atoms with van der Waals surface area (Å²) in [4.78, 5) is 23.5. The average molecular weight is 511 g/mol. The number of carbonyl (C=O) groups is 1. The number of amides is 1. The zero-order valence-corrected chi connectivity index (χ0v) is 21.0. The minimum atomic E-state index is -0.761. The average Bonchev–Trinajstić information content (AvgIpc) is 3.33. The first kappa shape index (κ1) is 25.4. The third-order valence-electron chi connectivity index (χ3n) is 7.42. The predicted octanol–water partition coefficient (Wildman–Crippen LogP) is 2.67. The van der Waals surface area contributed by atoms with Crippen molar-refractivity contribution >= 4 is 34.3 Å². The number of halogens is 1. The van der Waals surface area contributed by atoms with Crippen molar-refractivity contribution in [1.82, 2.24) is 19.4 Å². The number of carbonyl (C=O) groups excluding carboxylic acids is 1. The Balaban J connectivity index is 1.36. The Labute approximate surface area is 215 Å². The van der Waals surface area contributed by atoms with Crippen molar-refractivity contribution < 1.29 is 13.9 Å². The molecular formula is C26H35FN8O2. The van der Waals surface area contributed by atoms with Gasteiger partial charge in [-0.15, -0.1) is 0 Å². The Bertz CT molecular complexity index is 1240. The molecule has 3 aromatic heterocycles. The summed E-state index contributed by atoms with van der Waals surface area (Å²) in [5.41, 5.74) is 13.3. The second-order valence-corrected chi connectivity index (χ2v) is 9.85. The van der Waals surface area contributed by atoms with Crippen LogP contribution in [0.15, 0.2) is 30.6 Å². The van der Waals surface area contributed by atoms with Gasteiger partial charge in [0.2, 0.25) is 0 Å². The topological polar surface area (TPSA) is 136 Å². The van der Waals surface area contributed by atoms with Crippen LogP contribution in [0.2, 0.25) is 0 Å². The number of morpholine rings is 1. The number of anilines is 3. The van der Waals surface area contributed by atoms with E-state index in [0.717, 1.165) is 82.2 Å². The summed E-state index contributed by atoms with van der Waals surface area (Å²) in [6.45, 7) is 5.58. The van der Waals surface area contributed by atoms with Gasteiger partial charge in [-0.1, -0.05) is 12.8 Å². The van der Waals surface area contributed by atoms with E-state index in [4.69, 9.17) is 16.2 Å². The number of pyridine rings is 2. The van der Waals surface area contributed by atoms with Gasteiger partial charge in [-0.05, 0) is 37.0 Å². The van der Waals surface area contributed by atoms with Crippen molar-refractivity contribution in [3.05, 3.63) is 42.0 Å². The Hall–Kier alpha value is -3.28. The highest BCUT2D eigenvalue weighted by molar-refractivity contribution is 6.00. The van der Waals surface area contributed by atoms with Crippen LogP contribution in [0.3, 0.4) is 0 Å². The maximum absolute atomic E-state index is 14.9. The summed E-state index contributed by atoms with van der Waals surface area (Å²) in [6, 6.07) is 5.00. The highest BCUT2D eigenvalue weighted by Crippen LogP contribution is 2.29. The maximum Gasteiger partial charge on any atom is 0.252 e. The molecule has 2 fully saturated rings. The molecule has 5 rings (SSSR count). The highest BCUT2D eigenvalue weighted by Gasteiger charge is 2.23. The van der Waals surface area contributed by atoms with Crippen molar-refractivity contribution in [1.29, 1.82) is 0 Å². The third-order valence-corrected chi connectivity index (χ3v) is 7.42. The standard InChI is InChI=1S/C26H35FN8O2/c27-20-15-19(23(29)36)24(33-25(20)31-16-17-3-1-2-4-21(17)28)32-22-5-7-30-26-18(22)6-8-35(26)10-9-34-11-13-37-14-12-34/h5-8,15,17,21H,1-4,9-14,16,28H2,(H2,29,36)(H2,30,31,32,33). The van der Waals surface area contributed by atoms with Crippen molar-refractivity contribution in [2.45, 2.75) is 38.3 Å². The first-order valence-electron chi connectivity index (χ1n) is 13.0. The number of rotatable bonds is 9. The van der Waals surface area contributed by atoms with E-state index < -0.39 is 11.7 Å². The lowest BCUT2D eigenvalue weighted by Crippen LogP contribution is -2.38. The second-order valence-electron chi connectivity index (χ2n) is 9.85. The maximum atomic E-state index is 14.9. The molecule has 4 heterocycles. The molecule has 2 aliphatic rings. The smallest absolute Gasteiger partial charge is 0.252 e. The number of nitrogens with zero attached hydrogens (tertiary/aromatic N) is 4. The summed E-state index contributed by atoms with van der Waals surface area (Å²) < 4.78 is 22.4. The summed E-state index contributed by atoms with van der Waals surface area (Å²) in [6.07, 6.45) is 7.91. The molecule has 11 heteroatoms. The molecule has 2 atom stereocenters. The quantitative estimate of drug-likeness (QED) is 0.345. The van der Waals surface area contributed by atoms with Crippen molar-refractivity contribution in [2.75, 3.05) is 50.0 Å². The summed E-state index contributed by atoms with van der Waals surface area (Å²) in [7, 11) is 0. The third kappa shape index (κ3) is 5.84. The number of aromatic nitrogens is 3. The minimum Gasteiger partial charge on any atom is -0.379 e. The molecular weight excluding hydrogens is 475 g/mol. The lowest BCUT2D eigenvalue weighted by Gasteiger charge is -2.28. The van der Waals surface area contributed by atoms with Crippen molar-refractivity contribution in [2.24, 2.45) is 17.4 Å². The Kier molecular flexibility index (Phi) is 7.82. The van der Waals surface area contributed by atoms with Crippen LogP contribution in [0, 0.1) is 11.7 Å². The van der Waals surface area contributed by atoms with Crippen LogP contribution in [0.4, 0.5) is 21.7 Å². The van der Waals surface area contributed by atoms with E-state index in [1.54, 1.807) is 12.3 Å². The minimum absolute atomic E-state index is 0.0193. The molecule has 1 aliphatic heterocycles. The van der Waals surface area contributed by atoms with Gasteiger partial charge in [0, 0.05) is 56.5 Å². The molecule has 1 aliphatic carbocycles. The summed E-state index contributed by atoms with van der Waals surface area (Å²) in [5, 5.41) is 7.18. The zero-order valence-electron chi connectivity index (χ0n) is 21.0. The number of hydrogen-bond acceptors (Lipinski definition) is 8. The van der Waals surface area contributed by atoms with Gasteiger partial charge < -0.3 is 31.4 Å². The molecule has 2 unspecified atom stereocenters. The van der Waals surface area contributed by atoms with Crippen LogP contribution < -0.4 is 22.1 Å². The predicted molar refractivity (Wildman–Crippen MR) is 141 cm³/mol. The monoisotopic (exact) mass is 510 g/mol. The van der Waals surface area contributed by atoms with Crippen LogP contribution in [0.5, 0.6) is 0 Å². The molecule has 0 radical (unpaired) electrons. The summed E-state index contributed by atoms with van der Waals surface area (Å²) >= 11 is 0. The van der Waals surface area contributed by atoms with Gasteiger partial charge in [0.05, 0.1) is 24.5 Å². The fourth-order valence-corrected chi connectivity index (χ4v) is 5.19. The largest absolute Gasteiger partial charge is 0.379 e. The van der Waals surface area contributed by atoms with Gasteiger partial charge in [-0.25, -0.2) is 14.4 Å². The highest BCUT2D eigenvalue weighted by atomic mass is 19.1. The van der Waals surface area contributed by atoms with Crippen LogP contribution in [0.1, 0.15) is 36.0 Å². The molecule has 6 N–H and O–H groups in total. The van der Waals surface area contributed by atoms with E-state index in [1.807, 2.05) is 12.3 Å². The van der Waals surface area contributed by atoms with Crippen LogP contribution >= 0.6 is 0 Å². The van der Waals surface area contributed by atoms with E-state index in [0.29, 0.717) is 12.2 Å². The molecule has 0 bridgehead atoms. The first-order chi connectivity index (χ1) is 18.0. The number of fused-ring (bicyclic) bond motifs is 1. The molecule has 37 heavy (non-hydrogen) atoms. The van der Waals surface area contributed by atoms with Gasteiger partial charge in [0.1, 0.15) is 11.5 Å². The van der Waals surface area contributed by atoms with E-state index >= 15 is 0 Å². The van der Waals surface area contributed by atoms with E-state index in [1.165, 1.54) is 0 Å². The first-order valence-corrected chi connectivity index (χ1v) is 13.0. The lowest BCUT2D eigenvalue weighted by atomic mass is 9.85. The molecule has 1 amide bonds. The molecule has 1 saturated carbocycles. The van der Waals surface area contributed by atoms with Gasteiger partial charge in [-0.2, -0.15) is 0 Å². The Morgan fingerprint density at radius 2 is 1.97 bits per heavy atom. The molecule has 198 valence electrons. The SMILES string of the molecule is NC(=O)c1cc(F)c(NCC2CCCCC2N)nc1Nc1ccnc2c1ccn2CCN1CCOCC1. The molecule has 0 aromatic carbocycles. The van der Waals surface area contributed by atoms with Gasteiger partial charge in [0.15, 0.2) is 11.6 Å². The number of hydrogen-bond donors (Lipinski definition) is 4. The van der Waals surface area contributed by atoms with Crippen LogP contribution in [-0.4, -0.2) is 70.8 Å². The lowest BCUT2D eigenvalue weighted by molar-refractivity contribution is 0.0365. The Morgan fingerprint density at radius 1 is 1.16 bits per heavy atom. The van der Waals surface area contributed by atoms with E-state index in [2.05, 4.69) is 30.1 Å². The number of primary amides is 1. The Morgan fingerprint density at radius 3 is 2.76 bits per heavy atom. The molecule has 0 spiro atoms. The normalized spacial score (nSPS) is 20.7. The molecule has 3 aromatic rings. The number of ether oxygens (including phenoxy) is 1. The van der Waals surface area contributed by atoms with Crippen LogP contribution in [-0.2, 0) is 11.3 Å². The summed E-state index contributed by atoms with van der Waals surface area (Å²) in [5.74, 6) is -0.878. The zero-order chi connectivity index (χ0) is 25.8.